The highest BCUT2D eigenvalue weighted by molar-refractivity contribution is 6.36. The summed E-state index contributed by atoms with van der Waals surface area (Å²) < 4.78 is 0. The van der Waals surface area contributed by atoms with Gasteiger partial charge in [-0.1, -0.05) is 36.2 Å². The number of nitrogens with one attached hydrogen (secondary N) is 3. The minimum Gasteiger partial charge on any atom is -0.376 e. The molecule has 0 heterocycles. The lowest BCUT2D eigenvalue weighted by Gasteiger charge is -2.12. The predicted molar refractivity (Wildman–Crippen MR) is 104 cm³/mol. The second-order valence-electron chi connectivity index (χ2n) is 5.46. The minimum absolute atomic E-state index is 0.0587. The third-order valence-electron chi connectivity index (χ3n) is 3.49. The van der Waals surface area contributed by atoms with Gasteiger partial charge < -0.3 is 16.0 Å². The molecule has 2 amide bonds. The van der Waals surface area contributed by atoms with Crippen LogP contribution < -0.4 is 16.0 Å². The summed E-state index contributed by atoms with van der Waals surface area (Å²) in [5.41, 5.74) is 2.90. The molecular weight excluding hydrogens is 361 g/mol. The van der Waals surface area contributed by atoms with Crippen molar-refractivity contribution in [3.05, 3.63) is 52.0 Å². The highest BCUT2D eigenvalue weighted by Crippen LogP contribution is 2.25. The van der Waals surface area contributed by atoms with E-state index in [9.17, 15) is 9.59 Å². The summed E-state index contributed by atoms with van der Waals surface area (Å²) in [4.78, 5) is 23.6. The molecule has 0 aromatic heterocycles. The molecule has 0 aliphatic rings. The van der Waals surface area contributed by atoms with Gasteiger partial charge in [0.05, 0.1) is 17.3 Å². The van der Waals surface area contributed by atoms with E-state index in [1.807, 2.05) is 19.1 Å². The second kappa shape index (κ2) is 8.74. The summed E-state index contributed by atoms with van der Waals surface area (Å²) in [7, 11) is 0. The van der Waals surface area contributed by atoms with Crippen molar-refractivity contribution in [2.24, 2.45) is 0 Å². The summed E-state index contributed by atoms with van der Waals surface area (Å²) in [6.45, 7) is 3.76. The van der Waals surface area contributed by atoms with Crippen LogP contribution in [0.3, 0.4) is 0 Å². The van der Waals surface area contributed by atoms with Gasteiger partial charge in [-0.05, 0) is 42.8 Å². The first-order chi connectivity index (χ1) is 11.9. The molecule has 0 aliphatic carbocycles. The maximum Gasteiger partial charge on any atom is 0.243 e. The van der Waals surface area contributed by atoms with E-state index in [-0.39, 0.29) is 18.4 Å². The van der Waals surface area contributed by atoms with Crippen molar-refractivity contribution in [3.63, 3.8) is 0 Å². The SMILES string of the molecule is CCC(=O)Nc1cc(NCC(=O)Nc2ccc(Cl)cc2Cl)ccc1C. The summed E-state index contributed by atoms with van der Waals surface area (Å²) >= 11 is 11.9. The summed E-state index contributed by atoms with van der Waals surface area (Å²) in [6.07, 6.45) is 0.404. The standard InChI is InChI=1S/C18H19Cl2N3O2/c1-3-17(24)23-16-9-13(6-4-11(16)2)21-10-18(25)22-15-7-5-12(19)8-14(15)20/h4-9,21H,3,10H2,1-2H3,(H,22,25)(H,23,24). The van der Waals surface area contributed by atoms with Gasteiger partial charge in [-0.15, -0.1) is 0 Å². The molecule has 0 saturated carbocycles. The van der Waals surface area contributed by atoms with Crippen LogP contribution in [0.15, 0.2) is 36.4 Å². The van der Waals surface area contributed by atoms with Gasteiger partial charge >= 0.3 is 0 Å². The average molecular weight is 380 g/mol. The highest BCUT2D eigenvalue weighted by Gasteiger charge is 2.08. The molecule has 5 nitrogen and oxygen atoms in total. The number of anilines is 3. The van der Waals surface area contributed by atoms with Crippen LogP contribution in [-0.4, -0.2) is 18.4 Å². The molecule has 2 aromatic carbocycles. The molecule has 0 unspecified atom stereocenters. The van der Waals surface area contributed by atoms with Crippen LogP contribution >= 0.6 is 23.2 Å². The minimum atomic E-state index is -0.246. The molecule has 0 bridgehead atoms. The third-order valence-corrected chi connectivity index (χ3v) is 4.04. The zero-order valence-electron chi connectivity index (χ0n) is 14.0. The molecule has 0 saturated heterocycles. The van der Waals surface area contributed by atoms with Gasteiger partial charge in [0, 0.05) is 22.8 Å². The van der Waals surface area contributed by atoms with Crippen molar-refractivity contribution in [2.45, 2.75) is 20.3 Å². The predicted octanol–water partition coefficient (Wildman–Crippen LogP) is 4.70. The highest BCUT2D eigenvalue weighted by atomic mass is 35.5. The largest absolute Gasteiger partial charge is 0.376 e. The molecular formula is C18H19Cl2N3O2. The van der Waals surface area contributed by atoms with E-state index in [2.05, 4.69) is 16.0 Å². The van der Waals surface area contributed by atoms with Gasteiger partial charge in [-0.25, -0.2) is 0 Å². The third kappa shape index (κ3) is 5.66. The van der Waals surface area contributed by atoms with Gasteiger partial charge in [-0.2, -0.15) is 0 Å². The van der Waals surface area contributed by atoms with Crippen LogP contribution in [0.2, 0.25) is 10.0 Å². The molecule has 0 spiro atoms. The monoisotopic (exact) mass is 379 g/mol. The lowest BCUT2D eigenvalue weighted by Crippen LogP contribution is -2.22. The Labute approximate surface area is 156 Å². The van der Waals surface area contributed by atoms with Crippen molar-refractivity contribution in [1.29, 1.82) is 0 Å². The molecule has 0 atom stereocenters. The number of hydrogen-bond acceptors (Lipinski definition) is 3. The van der Waals surface area contributed by atoms with Crippen LogP contribution in [-0.2, 0) is 9.59 Å². The van der Waals surface area contributed by atoms with E-state index in [4.69, 9.17) is 23.2 Å². The summed E-state index contributed by atoms with van der Waals surface area (Å²) in [6, 6.07) is 10.4. The molecule has 0 radical (unpaired) electrons. The Hall–Kier alpha value is -2.24. The lowest BCUT2D eigenvalue weighted by molar-refractivity contribution is -0.116. The first kappa shape index (κ1) is 19.1. The Morgan fingerprint density at radius 3 is 2.36 bits per heavy atom. The van der Waals surface area contributed by atoms with E-state index >= 15 is 0 Å². The zero-order valence-corrected chi connectivity index (χ0v) is 15.5. The molecule has 3 N–H and O–H groups in total. The van der Waals surface area contributed by atoms with Gasteiger partial charge in [0.1, 0.15) is 0 Å². The van der Waals surface area contributed by atoms with Gasteiger partial charge in [0.25, 0.3) is 0 Å². The number of aryl methyl sites for hydroxylation is 1. The average Bonchev–Trinajstić information content (AvgIpc) is 2.58. The van der Waals surface area contributed by atoms with E-state index < -0.39 is 0 Å². The molecule has 0 fully saturated rings. The topological polar surface area (TPSA) is 70.2 Å². The van der Waals surface area contributed by atoms with E-state index in [0.29, 0.717) is 22.2 Å². The fourth-order valence-electron chi connectivity index (χ4n) is 2.07. The Morgan fingerprint density at radius 2 is 1.68 bits per heavy atom. The molecule has 132 valence electrons. The molecule has 7 heteroatoms. The number of hydrogen-bond donors (Lipinski definition) is 3. The summed E-state index contributed by atoms with van der Waals surface area (Å²) in [5.74, 6) is -0.306. The van der Waals surface area contributed by atoms with E-state index in [0.717, 1.165) is 16.9 Å². The fraction of sp³-hybridized carbons (Fsp3) is 0.222. The molecule has 25 heavy (non-hydrogen) atoms. The number of halogens is 2. The molecule has 0 aliphatic heterocycles. The number of amides is 2. The van der Waals surface area contributed by atoms with Crippen molar-refractivity contribution >= 4 is 52.1 Å². The molecule has 2 rings (SSSR count). The smallest absolute Gasteiger partial charge is 0.243 e. The van der Waals surface area contributed by atoms with E-state index in [1.165, 1.54) is 0 Å². The number of carbonyl (C=O) groups is 2. The Balaban J connectivity index is 1.97. The van der Waals surface area contributed by atoms with Crippen LogP contribution in [0.5, 0.6) is 0 Å². The van der Waals surface area contributed by atoms with Crippen LogP contribution in [0.1, 0.15) is 18.9 Å². The first-order valence-corrected chi connectivity index (χ1v) is 8.54. The van der Waals surface area contributed by atoms with Gasteiger partial charge in [-0.3, -0.25) is 9.59 Å². The quantitative estimate of drug-likeness (QED) is 0.680. The zero-order chi connectivity index (χ0) is 18.4. The van der Waals surface area contributed by atoms with Crippen molar-refractivity contribution in [2.75, 3.05) is 22.5 Å². The Kier molecular flexibility index (Phi) is 6.67. The number of carbonyl (C=O) groups excluding carboxylic acids is 2. The maximum atomic E-state index is 12.1. The maximum absolute atomic E-state index is 12.1. The van der Waals surface area contributed by atoms with Gasteiger partial charge in [0.15, 0.2) is 0 Å². The molecule has 2 aromatic rings. The van der Waals surface area contributed by atoms with Crippen LogP contribution in [0.4, 0.5) is 17.1 Å². The Morgan fingerprint density at radius 1 is 0.960 bits per heavy atom. The van der Waals surface area contributed by atoms with Crippen molar-refractivity contribution in [3.8, 4) is 0 Å². The second-order valence-corrected chi connectivity index (χ2v) is 6.30. The fourth-order valence-corrected chi connectivity index (χ4v) is 2.53. The first-order valence-electron chi connectivity index (χ1n) is 7.78. The van der Waals surface area contributed by atoms with Crippen molar-refractivity contribution < 1.29 is 9.59 Å². The lowest BCUT2D eigenvalue weighted by atomic mass is 10.1. The van der Waals surface area contributed by atoms with Crippen molar-refractivity contribution in [1.82, 2.24) is 0 Å². The number of benzene rings is 2. The van der Waals surface area contributed by atoms with Crippen LogP contribution in [0, 0.1) is 6.92 Å². The Bertz CT molecular complexity index is 794. The summed E-state index contributed by atoms with van der Waals surface area (Å²) in [5, 5.41) is 9.44. The normalized spacial score (nSPS) is 10.2. The number of rotatable bonds is 6. The van der Waals surface area contributed by atoms with E-state index in [1.54, 1.807) is 31.2 Å². The van der Waals surface area contributed by atoms with Crippen LogP contribution in [0.25, 0.3) is 0 Å². The van der Waals surface area contributed by atoms with Gasteiger partial charge in [0.2, 0.25) is 11.8 Å².